The third-order valence-corrected chi connectivity index (χ3v) is 2.62. The molecule has 0 aromatic heterocycles. The molecule has 1 aromatic carbocycles. The number of halogens is 3. The van der Waals surface area contributed by atoms with Crippen molar-refractivity contribution in [1.82, 2.24) is 0 Å². The molecule has 0 aliphatic rings. The standard InChI is InChI=1S/C10H10Cl3NO2/c1-10(2,16)9(15)14-8-6(12)3-5(11)4-7(8)13/h3-4,16H,1-2H3,(H,14,15). The molecule has 0 spiro atoms. The first-order chi connectivity index (χ1) is 7.21. The Balaban J connectivity index is 3.03. The highest BCUT2D eigenvalue weighted by molar-refractivity contribution is 6.42. The first-order valence-electron chi connectivity index (χ1n) is 4.40. The number of amides is 1. The van der Waals surface area contributed by atoms with Gasteiger partial charge in [-0.05, 0) is 26.0 Å². The van der Waals surface area contributed by atoms with E-state index in [0.29, 0.717) is 5.02 Å². The van der Waals surface area contributed by atoms with Crippen LogP contribution in [0.5, 0.6) is 0 Å². The maximum atomic E-state index is 11.5. The molecule has 1 aromatic rings. The number of anilines is 1. The molecule has 1 rings (SSSR count). The number of rotatable bonds is 2. The summed E-state index contributed by atoms with van der Waals surface area (Å²) >= 11 is 17.4. The molecule has 0 aliphatic carbocycles. The highest BCUT2D eigenvalue weighted by Gasteiger charge is 2.25. The summed E-state index contributed by atoms with van der Waals surface area (Å²) in [5, 5.41) is 12.7. The van der Waals surface area contributed by atoms with Crippen molar-refractivity contribution in [2.45, 2.75) is 19.4 Å². The number of nitrogens with one attached hydrogen (secondary N) is 1. The number of hydrogen-bond donors (Lipinski definition) is 2. The minimum Gasteiger partial charge on any atom is -0.381 e. The van der Waals surface area contributed by atoms with Gasteiger partial charge in [0.2, 0.25) is 0 Å². The van der Waals surface area contributed by atoms with Gasteiger partial charge < -0.3 is 10.4 Å². The maximum absolute atomic E-state index is 11.5. The molecule has 1 amide bonds. The lowest BCUT2D eigenvalue weighted by Crippen LogP contribution is -2.36. The molecule has 88 valence electrons. The van der Waals surface area contributed by atoms with E-state index in [0.717, 1.165) is 0 Å². The minimum absolute atomic E-state index is 0.218. The number of carbonyl (C=O) groups excluding carboxylic acids is 1. The zero-order valence-electron chi connectivity index (χ0n) is 8.64. The van der Waals surface area contributed by atoms with Gasteiger partial charge in [0.15, 0.2) is 0 Å². The molecule has 0 radical (unpaired) electrons. The quantitative estimate of drug-likeness (QED) is 0.874. The van der Waals surface area contributed by atoms with Gasteiger partial charge in [0.05, 0.1) is 15.7 Å². The van der Waals surface area contributed by atoms with Gasteiger partial charge in [0.1, 0.15) is 5.60 Å². The van der Waals surface area contributed by atoms with Crippen LogP contribution < -0.4 is 5.32 Å². The van der Waals surface area contributed by atoms with E-state index in [-0.39, 0.29) is 15.7 Å². The van der Waals surface area contributed by atoms with Crippen molar-refractivity contribution in [3.63, 3.8) is 0 Å². The van der Waals surface area contributed by atoms with Gasteiger partial charge in [0, 0.05) is 5.02 Å². The van der Waals surface area contributed by atoms with Crippen LogP contribution in [0.15, 0.2) is 12.1 Å². The van der Waals surface area contributed by atoms with Gasteiger partial charge in [-0.2, -0.15) is 0 Å². The van der Waals surface area contributed by atoms with Crippen LogP contribution in [0.2, 0.25) is 15.1 Å². The smallest absolute Gasteiger partial charge is 0.255 e. The van der Waals surface area contributed by atoms with E-state index in [1.54, 1.807) is 0 Å². The van der Waals surface area contributed by atoms with Gasteiger partial charge in [0.25, 0.3) is 5.91 Å². The first kappa shape index (κ1) is 13.6. The summed E-state index contributed by atoms with van der Waals surface area (Å²) in [6.07, 6.45) is 0. The second kappa shape index (κ2) is 4.80. The fraction of sp³-hybridized carbons (Fsp3) is 0.300. The molecule has 6 heteroatoms. The zero-order valence-corrected chi connectivity index (χ0v) is 10.9. The maximum Gasteiger partial charge on any atom is 0.255 e. The second-order valence-electron chi connectivity index (χ2n) is 3.76. The van der Waals surface area contributed by atoms with Gasteiger partial charge >= 0.3 is 0 Å². The normalized spacial score (nSPS) is 11.4. The number of aliphatic hydroxyl groups is 1. The van der Waals surface area contributed by atoms with Crippen LogP contribution in [0, 0.1) is 0 Å². The lowest BCUT2D eigenvalue weighted by Gasteiger charge is -2.18. The molecule has 0 heterocycles. The van der Waals surface area contributed by atoms with Crippen LogP contribution in [-0.4, -0.2) is 16.6 Å². The van der Waals surface area contributed by atoms with Crippen LogP contribution in [0.25, 0.3) is 0 Å². The van der Waals surface area contributed by atoms with Crippen molar-refractivity contribution in [2.24, 2.45) is 0 Å². The summed E-state index contributed by atoms with van der Waals surface area (Å²) in [4.78, 5) is 11.5. The van der Waals surface area contributed by atoms with Gasteiger partial charge in [-0.1, -0.05) is 34.8 Å². The Morgan fingerprint density at radius 1 is 1.25 bits per heavy atom. The molecule has 0 unspecified atom stereocenters. The van der Waals surface area contributed by atoms with E-state index >= 15 is 0 Å². The Labute approximate surface area is 108 Å². The predicted octanol–water partition coefficient (Wildman–Crippen LogP) is 3.36. The summed E-state index contributed by atoms with van der Waals surface area (Å²) in [6.45, 7) is 2.72. The largest absolute Gasteiger partial charge is 0.381 e. The third kappa shape index (κ3) is 3.25. The number of benzene rings is 1. The Bertz CT molecular complexity index is 404. The van der Waals surface area contributed by atoms with Crippen LogP contribution >= 0.6 is 34.8 Å². The molecule has 0 atom stereocenters. The summed E-state index contributed by atoms with van der Waals surface area (Å²) in [6, 6.07) is 2.91. The lowest BCUT2D eigenvalue weighted by molar-refractivity contribution is -0.130. The second-order valence-corrected chi connectivity index (χ2v) is 5.01. The lowest BCUT2D eigenvalue weighted by atomic mass is 10.1. The summed E-state index contributed by atoms with van der Waals surface area (Å²) < 4.78 is 0. The molecular weight excluding hydrogens is 272 g/mol. The fourth-order valence-electron chi connectivity index (χ4n) is 0.928. The van der Waals surface area contributed by atoms with Crippen LogP contribution in [0.1, 0.15) is 13.8 Å². The molecule has 0 aliphatic heterocycles. The fourth-order valence-corrected chi connectivity index (χ4v) is 1.84. The Hall–Kier alpha value is -0.480. The Kier molecular flexibility index (Phi) is 4.07. The van der Waals surface area contributed by atoms with Crippen LogP contribution in [0.4, 0.5) is 5.69 Å². The van der Waals surface area contributed by atoms with E-state index < -0.39 is 11.5 Å². The Morgan fingerprint density at radius 2 is 1.69 bits per heavy atom. The van der Waals surface area contributed by atoms with E-state index in [1.165, 1.54) is 26.0 Å². The van der Waals surface area contributed by atoms with Crippen molar-refractivity contribution in [2.75, 3.05) is 5.32 Å². The molecule has 0 saturated carbocycles. The molecule has 3 nitrogen and oxygen atoms in total. The number of hydrogen-bond acceptors (Lipinski definition) is 2. The summed E-state index contributed by atoms with van der Waals surface area (Å²) in [5.41, 5.74) is -1.27. The van der Waals surface area contributed by atoms with Gasteiger partial charge in [-0.15, -0.1) is 0 Å². The summed E-state index contributed by atoms with van der Waals surface area (Å²) in [7, 11) is 0. The van der Waals surface area contributed by atoms with Crippen molar-refractivity contribution < 1.29 is 9.90 Å². The van der Waals surface area contributed by atoms with Gasteiger partial charge in [-0.25, -0.2) is 0 Å². The predicted molar refractivity (Wildman–Crippen MR) is 66.4 cm³/mol. The van der Waals surface area contributed by atoms with Gasteiger partial charge in [-0.3, -0.25) is 4.79 Å². The van der Waals surface area contributed by atoms with E-state index in [1.807, 2.05) is 0 Å². The third-order valence-electron chi connectivity index (χ3n) is 1.80. The minimum atomic E-state index is -1.51. The molecule has 2 N–H and O–H groups in total. The van der Waals surface area contributed by atoms with E-state index in [4.69, 9.17) is 34.8 Å². The highest BCUT2D eigenvalue weighted by atomic mass is 35.5. The van der Waals surface area contributed by atoms with Crippen molar-refractivity contribution >= 4 is 46.4 Å². The molecule has 0 saturated heterocycles. The zero-order chi connectivity index (χ0) is 12.5. The van der Waals surface area contributed by atoms with Crippen molar-refractivity contribution in [3.8, 4) is 0 Å². The van der Waals surface area contributed by atoms with Crippen LogP contribution in [0.3, 0.4) is 0 Å². The Morgan fingerprint density at radius 3 is 2.06 bits per heavy atom. The average molecular weight is 283 g/mol. The molecular formula is C10H10Cl3NO2. The monoisotopic (exact) mass is 281 g/mol. The van der Waals surface area contributed by atoms with Crippen LogP contribution in [-0.2, 0) is 4.79 Å². The van der Waals surface area contributed by atoms with Crippen molar-refractivity contribution in [1.29, 1.82) is 0 Å². The SMILES string of the molecule is CC(C)(O)C(=O)Nc1c(Cl)cc(Cl)cc1Cl. The first-order valence-corrected chi connectivity index (χ1v) is 5.53. The van der Waals surface area contributed by atoms with E-state index in [9.17, 15) is 9.90 Å². The highest BCUT2D eigenvalue weighted by Crippen LogP contribution is 2.34. The molecule has 16 heavy (non-hydrogen) atoms. The summed E-state index contributed by atoms with van der Waals surface area (Å²) in [5.74, 6) is -0.598. The molecule has 0 fully saturated rings. The topological polar surface area (TPSA) is 49.3 Å². The average Bonchev–Trinajstić information content (AvgIpc) is 2.08. The van der Waals surface area contributed by atoms with E-state index in [2.05, 4.69) is 5.32 Å². The number of carbonyl (C=O) groups is 1. The molecule has 0 bridgehead atoms. The van der Waals surface area contributed by atoms with Crippen molar-refractivity contribution in [3.05, 3.63) is 27.2 Å².